The summed E-state index contributed by atoms with van der Waals surface area (Å²) in [6.45, 7) is 0.465. The van der Waals surface area contributed by atoms with Crippen molar-refractivity contribution in [3.8, 4) is 17.2 Å². The molecule has 3 aromatic rings. The van der Waals surface area contributed by atoms with Gasteiger partial charge in [-0.1, -0.05) is 0 Å². The first kappa shape index (κ1) is 15.7. The van der Waals surface area contributed by atoms with Gasteiger partial charge in [-0.25, -0.2) is 4.98 Å². The molecule has 1 aromatic carbocycles. The first-order valence-electron chi connectivity index (χ1n) is 7.15. The molecule has 0 aliphatic heterocycles. The van der Waals surface area contributed by atoms with Gasteiger partial charge in [0.2, 0.25) is 11.9 Å². The molecule has 9 nitrogen and oxygen atoms in total. The standard InChI is InChI=1S/C15H18N6O3/c1-22-10-5-12(24-3)11(23-2)4-8(10)6-18-15-19-9-7-17-14(16)20-13(9)21-15/h4-5,7H,6H2,1-3H3,(H4,16,17,18,19,20,21). The number of imidazole rings is 1. The van der Waals surface area contributed by atoms with Crippen LogP contribution >= 0.6 is 0 Å². The zero-order valence-electron chi connectivity index (χ0n) is 13.6. The van der Waals surface area contributed by atoms with Crippen molar-refractivity contribution in [3.05, 3.63) is 23.9 Å². The Morgan fingerprint density at radius 1 is 1.04 bits per heavy atom. The van der Waals surface area contributed by atoms with E-state index in [0.29, 0.717) is 40.9 Å². The number of methoxy groups -OCH3 is 3. The number of anilines is 2. The lowest BCUT2D eigenvalue weighted by Gasteiger charge is -2.14. The smallest absolute Gasteiger partial charge is 0.222 e. The van der Waals surface area contributed by atoms with Crippen LogP contribution in [0.5, 0.6) is 17.2 Å². The Hall–Kier alpha value is -3.23. The number of hydrogen-bond acceptors (Lipinski definition) is 8. The summed E-state index contributed by atoms with van der Waals surface area (Å²) in [5, 5.41) is 3.18. The van der Waals surface area contributed by atoms with Crippen LogP contribution in [0.4, 0.5) is 11.9 Å². The molecule has 0 atom stereocenters. The summed E-state index contributed by atoms with van der Waals surface area (Å²) in [6.07, 6.45) is 1.59. The molecule has 126 valence electrons. The molecule has 0 aliphatic carbocycles. The van der Waals surface area contributed by atoms with E-state index < -0.39 is 0 Å². The minimum Gasteiger partial charge on any atom is -0.496 e. The van der Waals surface area contributed by atoms with E-state index >= 15 is 0 Å². The minimum atomic E-state index is 0.183. The number of ether oxygens (including phenoxy) is 3. The number of nitrogens with one attached hydrogen (secondary N) is 2. The maximum absolute atomic E-state index is 5.56. The van der Waals surface area contributed by atoms with Gasteiger partial charge in [-0.15, -0.1) is 0 Å². The SMILES string of the molecule is COc1cc(OC)c(OC)cc1CNc1nc2nc(N)ncc2[nH]1. The van der Waals surface area contributed by atoms with Crippen LogP contribution in [0.25, 0.3) is 11.2 Å². The van der Waals surface area contributed by atoms with Crippen molar-refractivity contribution in [2.45, 2.75) is 6.54 Å². The normalized spacial score (nSPS) is 10.6. The molecule has 9 heteroatoms. The van der Waals surface area contributed by atoms with Gasteiger partial charge in [-0.2, -0.15) is 9.97 Å². The van der Waals surface area contributed by atoms with Crippen molar-refractivity contribution in [2.75, 3.05) is 32.4 Å². The van der Waals surface area contributed by atoms with Gasteiger partial charge in [-0.3, -0.25) is 0 Å². The number of aromatic nitrogens is 4. The number of fused-ring (bicyclic) bond motifs is 1. The van der Waals surface area contributed by atoms with Crippen molar-refractivity contribution in [1.29, 1.82) is 0 Å². The number of aromatic amines is 1. The van der Waals surface area contributed by atoms with E-state index in [1.807, 2.05) is 6.07 Å². The lowest BCUT2D eigenvalue weighted by atomic mass is 10.1. The van der Waals surface area contributed by atoms with Crippen LogP contribution in [0.15, 0.2) is 18.3 Å². The maximum atomic E-state index is 5.56. The lowest BCUT2D eigenvalue weighted by molar-refractivity contribution is 0.347. The Labute approximate surface area is 138 Å². The Bertz CT molecular complexity index is 864. The lowest BCUT2D eigenvalue weighted by Crippen LogP contribution is -2.04. The number of nitrogen functional groups attached to an aromatic ring is 1. The summed E-state index contributed by atoms with van der Waals surface area (Å²) in [4.78, 5) is 15.4. The molecule has 2 heterocycles. The quantitative estimate of drug-likeness (QED) is 0.623. The second-order valence-corrected chi connectivity index (χ2v) is 4.92. The van der Waals surface area contributed by atoms with Gasteiger partial charge in [0.25, 0.3) is 0 Å². The van der Waals surface area contributed by atoms with Gasteiger partial charge in [-0.05, 0) is 6.07 Å². The summed E-state index contributed by atoms with van der Waals surface area (Å²) < 4.78 is 16.0. The third-order valence-electron chi connectivity index (χ3n) is 3.49. The van der Waals surface area contributed by atoms with Crippen molar-refractivity contribution in [2.24, 2.45) is 0 Å². The highest BCUT2D eigenvalue weighted by Gasteiger charge is 2.12. The van der Waals surface area contributed by atoms with Crippen LogP contribution in [-0.4, -0.2) is 41.3 Å². The maximum Gasteiger partial charge on any atom is 0.222 e. The van der Waals surface area contributed by atoms with Gasteiger partial charge in [0, 0.05) is 18.2 Å². The van der Waals surface area contributed by atoms with Crippen LogP contribution < -0.4 is 25.3 Å². The Morgan fingerprint density at radius 2 is 1.75 bits per heavy atom. The molecule has 4 N–H and O–H groups in total. The van der Waals surface area contributed by atoms with Gasteiger partial charge >= 0.3 is 0 Å². The molecule has 0 radical (unpaired) electrons. The van der Waals surface area contributed by atoms with Crippen molar-refractivity contribution in [3.63, 3.8) is 0 Å². The third-order valence-corrected chi connectivity index (χ3v) is 3.49. The summed E-state index contributed by atoms with van der Waals surface area (Å²) in [6, 6.07) is 3.63. The second kappa shape index (κ2) is 6.49. The molecule has 0 saturated carbocycles. The number of rotatable bonds is 6. The summed E-state index contributed by atoms with van der Waals surface area (Å²) >= 11 is 0. The van der Waals surface area contributed by atoms with E-state index in [4.69, 9.17) is 19.9 Å². The summed E-state index contributed by atoms with van der Waals surface area (Å²) in [7, 11) is 4.77. The average Bonchev–Trinajstić information content (AvgIpc) is 3.00. The molecule has 24 heavy (non-hydrogen) atoms. The van der Waals surface area contributed by atoms with Crippen molar-refractivity contribution < 1.29 is 14.2 Å². The van der Waals surface area contributed by atoms with Crippen LogP contribution in [-0.2, 0) is 6.54 Å². The van der Waals surface area contributed by atoms with Crippen LogP contribution in [0.1, 0.15) is 5.56 Å². The molecule has 3 rings (SSSR count). The van der Waals surface area contributed by atoms with E-state index in [1.165, 1.54) is 0 Å². The summed E-state index contributed by atoms with van der Waals surface area (Å²) in [5.41, 5.74) is 7.65. The van der Waals surface area contributed by atoms with Crippen molar-refractivity contribution in [1.82, 2.24) is 19.9 Å². The number of nitrogens with two attached hydrogens (primary N) is 1. The van der Waals surface area contributed by atoms with Gasteiger partial charge in [0.15, 0.2) is 17.1 Å². The molecule has 2 aromatic heterocycles. The molecule has 0 saturated heterocycles. The van der Waals surface area contributed by atoms with Gasteiger partial charge in [0.1, 0.15) is 11.3 Å². The van der Waals surface area contributed by atoms with Crippen LogP contribution in [0.3, 0.4) is 0 Å². The van der Waals surface area contributed by atoms with Gasteiger partial charge < -0.3 is 30.2 Å². The van der Waals surface area contributed by atoms with Crippen molar-refractivity contribution >= 4 is 23.1 Å². The molecule has 0 fully saturated rings. The Morgan fingerprint density at radius 3 is 2.46 bits per heavy atom. The fourth-order valence-electron chi connectivity index (χ4n) is 2.31. The molecular formula is C15H18N6O3. The Balaban J connectivity index is 1.84. The average molecular weight is 330 g/mol. The highest BCUT2D eigenvalue weighted by atomic mass is 16.5. The topological polar surface area (TPSA) is 120 Å². The Kier molecular flexibility index (Phi) is 4.23. The predicted octanol–water partition coefficient (Wildman–Crippen LogP) is 1.57. The number of H-pyrrole nitrogens is 1. The summed E-state index contributed by atoms with van der Waals surface area (Å²) in [5.74, 6) is 2.65. The van der Waals surface area contributed by atoms with Crippen LogP contribution in [0.2, 0.25) is 0 Å². The molecule has 0 bridgehead atoms. The minimum absolute atomic E-state index is 0.183. The first-order chi connectivity index (χ1) is 11.6. The van der Waals surface area contributed by atoms with E-state index in [2.05, 4.69) is 25.3 Å². The fraction of sp³-hybridized carbons (Fsp3) is 0.267. The van der Waals surface area contributed by atoms with E-state index in [1.54, 1.807) is 33.6 Å². The molecule has 0 spiro atoms. The number of hydrogen-bond donors (Lipinski definition) is 3. The third kappa shape index (κ3) is 2.96. The highest BCUT2D eigenvalue weighted by molar-refractivity contribution is 5.73. The molecular weight excluding hydrogens is 312 g/mol. The van der Waals surface area contributed by atoms with E-state index in [9.17, 15) is 0 Å². The number of benzene rings is 1. The number of nitrogens with zero attached hydrogens (tertiary/aromatic N) is 3. The zero-order chi connectivity index (χ0) is 17.1. The highest BCUT2D eigenvalue weighted by Crippen LogP contribution is 2.34. The van der Waals surface area contributed by atoms with Crippen LogP contribution in [0, 0.1) is 0 Å². The monoisotopic (exact) mass is 330 g/mol. The zero-order valence-corrected chi connectivity index (χ0v) is 13.6. The largest absolute Gasteiger partial charge is 0.496 e. The molecule has 0 unspecified atom stereocenters. The second-order valence-electron chi connectivity index (χ2n) is 4.92. The van der Waals surface area contributed by atoms with Gasteiger partial charge in [0.05, 0.1) is 27.5 Å². The molecule has 0 amide bonds. The fourth-order valence-corrected chi connectivity index (χ4v) is 2.31. The van der Waals surface area contributed by atoms with E-state index in [0.717, 1.165) is 5.56 Å². The molecule has 0 aliphatic rings. The predicted molar refractivity (Wildman–Crippen MR) is 89.5 cm³/mol. The first-order valence-corrected chi connectivity index (χ1v) is 7.15. The van der Waals surface area contributed by atoms with E-state index in [-0.39, 0.29) is 5.95 Å².